The van der Waals surface area contributed by atoms with Gasteiger partial charge in [-0.05, 0) is 0 Å². The molecule has 0 fully saturated rings. The van der Waals surface area contributed by atoms with Gasteiger partial charge in [0, 0.05) is 6.92 Å². The van der Waals surface area contributed by atoms with Crippen molar-refractivity contribution in [3.8, 4) is 0 Å². The molecular weight excluding hydrogens is 189 g/mol. The Morgan fingerprint density at radius 2 is 1.86 bits per heavy atom. The molecule has 1 atom stereocenters. The number of alkyl halides is 4. The van der Waals surface area contributed by atoms with Crippen LogP contribution in [0.3, 0.4) is 0 Å². The van der Waals surface area contributed by atoms with Gasteiger partial charge in [-0.15, -0.1) is 11.6 Å². The molecule has 0 aromatic carbocycles. The van der Waals surface area contributed by atoms with E-state index in [9.17, 15) is 8.78 Å². The van der Waals surface area contributed by atoms with Gasteiger partial charge in [-0.25, -0.2) is 8.78 Å². The van der Waals surface area contributed by atoms with Gasteiger partial charge >= 0.3 is 0 Å². The first-order chi connectivity index (χ1) is 2.94. The second-order valence-corrected chi connectivity index (χ2v) is 3.14. The molecule has 0 rings (SSSR count). The van der Waals surface area contributed by atoms with Crippen LogP contribution in [0.4, 0.5) is 8.78 Å². The van der Waals surface area contributed by atoms with Crippen LogP contribution in [0.5, 0.6) is 0 Å². The van der Waals surface area contributed by atoms with Gasteiger partial charge in [0.2, 0.25) is 0 Å². The summed E-state index contributed by atoms with van der Waals surface area (Å²) >= 11 is 7.43. The summed E-state index contributed by atoms with van der Waals surface area (Å²) in [6, 6.07) is 0. The highest BCUT2D eigenvalue weighted by Crippen LogP contribution is 2.26. The Hall–Kier alpha value is 0.630. The third-order valence-electron chi connectivity index (χ3n) is 0.383. The Morgan fingerprint density at radius 3 is 1.86 bits per heavy atom. The van der Waals surface area contributed by atoms with Crippen LogP contribution in [0.1, 0.15) is 6.92 Å². The first-order valence-electron chi connectivity index (χ1n) is 1.60. The Balaban J connectivity index is 3.54. The van der Waals surface area contributed by atoms with E-state index in [1.54, 1.807) is 0 Å². The van der Waals surface area contributed by atoms with Crippen LogP contribution < -0.4 is 0 Å². The first-order valence-corrected chi connectivity index (χ1v) is 2.96. The highest BCUT2D eigenvalue weighted by Gasteiger charge is 2.29. The maximum absolute atomic E-state index is 11.7. The third kappa shape index (κ3) is 3.23. The predicted octanol–water partition coefficient (Wildman–Crippen LogP) is 2.60. The van der Waals surface area contributed by atoms with Gasteiger partial charge in [-0.1, -0.05) is 15.9 Å². The fourth-order valence-electron chi connectivity index (χ4n) is 0. The van der Waals surface area contributed by atoms with Crippen LogP contribution in [0, 0.1) is 0 Å². The van der Waals surface area contributed by atoms with E-state index in [1.807, 2.05) is 0 Å². The molecule has 0 aliphatic carbocycles. The van der Waals surface area contributed by atoms with Crippen LogP contribution in [-0.4, -0.2) is 10.2 Å². The second kappa shape index (κ2) is 2.27. The Morgan fingerprint density at radius 1 is 1.71 bits per heavy atom. The average Bonchev–Trinajstić information content (AvgIpc) is 1.31. The van der Waals surface area contributed by atoms with Crippen LogP contribution in [0.15, 0.2) is 0 Å². The zero-order valence-corrected chi connectivity index (χ0v) is 5.93. The fourth-order valence-corrected chi connectivity index (χ4v) is 0. The van der Waals surface area contributed by atoms with Crippen molar-refractivity contribution in [2.75, 3.05) is 0 Å². The molecule has 0 nitrogen and oxygen atoms in total. The van der Waals surface area contributed by atoms with E-state index >= 15 is 0 Å². The number of halogens is 4. The fraction of sp³-hybridized carbons (Fsp3) is 1.00. The van der Waals surface area contributed by atoms with E-state index in [-0.39, 0.29) is 0 Å². The summed E-state index contributed by atoms with van der Waals surface area (Å²) in [5.41, 5.74) is 0. The molecule has 0 amide bonds. The lowest BCUT2D eigenvalue weighted by molar-refractivity contribution is 0.0405. The molecule has 0 saturated carbocycles. The molecule has 44 valence electrons. The van der Waals surface area contributed by atoms with Crippen molar-refractivity contribution in [1.29, 1.82) is 0 Å². The second-order valence-electron chi connectivity index (χ2n) is 1.26. The summed E-state index contributed by atoms with van der Waals surface area (Å²) in [6.07, 6.45) is 0. The molecule has 0 bridgehead atoms. The molecule has 0 aromatic heterocycles. The Labute approximate surface area is 54.0 Å². The number of hydrogen-bond acceptors (Lipinski definition) is 0. The van der Waals surface area contributed by atoms with Crippen molar-refractivity contribution < 1.29 is 8.78 Å². The van der Waals surface area contributed by atoms with Gasteiger partial charge in [0.25, 0.3) is 5.92 Å². The van der Waals surface area contributed by atoms with Crippen molar-refractivity contribution in [3.05, 3.63) is 0 Å². The van der Waals surface area contributed by atoms with Crippen LogP contribution >= 0.6 is 27.5 Å². The van der Waals surface area contributed by atoms with Crippen LogP contribution in [-0.2, 0) is 0 Å². The normalized spacial score (nSPS) is 16.7. The molecule has 0 N–H and O–H groups in total. The molecule has 0 saturated heterocycles. The SMILES string of the molecule is CC(F)(F)C(Cl)Br. The Kier molecular flexibility index (Phi) is 2.47. The van der Waals surface area contributed by atoms with Gasteiger partial charge in [-0.3, -0.25) is 0 Å². The smallest absolute Gasteiger partial charge is 0.205 e. The third-order valence-corrected chi connectivity index (χ3v) is 1.57. The van der Waals surface area contributed by atoms with E-state index in [0.717, 1.165) is 6.92 Å². The molecule has 0 radical (unpaired) electrons. The van der Waals surface area contributed by atoms with Crippen molar-refractivity contribution >= 4 is 27.5 Å². The molecule has 0 heterocycles. The van der Waals surface area contributed by atoms with E-state index < -0.39 is 10.2 Å². The van der Waals surface area contributed by atoms with Crippen molar-refractivity contribution in [2.45, 2.75) is 17.1 Å². The summed E-state index contributed by atoms with van der Waals surface area (Å²) in [5, 5.41) is 0. The summed E-state index contributed by atoms with van der Waals surface area (Å²) in [7, 11) is 0. The number of rotatable bonds is 1. The molecule has 7 heavy (non-hydrogen) atoms. The standard InChI is InChI=1S/C3H4BrClF2/c1-3(6,7)2(4)5/h2H,1H3. The van der Waals surface area contributed by atoms with Crippen molar-refractivity contribution in [1.82, 2.24) is 0 Å². The summed E-state index contributed by atoms with van der Waals surface area (Å²) < 4.78 is 22.1. The molecule has 0 aromatic rings. The molecule has 0 aliphatic rings. The average molecular weight is 193 g/mol. The quantitative estimate of drug-likeness (QED) is 0.562. The minimum Gasteiger partial charge on any atom is -0.205 e. The van der Waals surface area contributed by atoms with Crippen molar-refractivity contribution in [2.24, 2.45) is 0 Å². The largest absolute Gasteiger partial charge is 0.271 e. The highest BCUT2D eigenvalue weighted by molar-refractivity contribution is 9.10. The van der Waals surface area contributed by atoms with Gasteiger partial charge in [0.1, 0.15) is 0 Å². The molecule has 0 spiro atoms. The van der Waals surface area contributed by atoms with Gasteiger partial charge < -0.3 is 0 Å². The molecule has 0 aliphatic heterocycles. The number of hydrogen-bond donors (Lipinski definition) is 0. The summed E-state index contributed by atoms with van der Waals surface area (Å²) in [6.45, 7) is 0.749. The van der Waals surface area contributed by atoms with Crippen LogP contribution in [0.2, 0.25) is 0 Å². The lowest BCUT2D eigenvalue weighted by atomic mass is 10.5. The van der Waals surface area contributed by atoms with Crippen LogP contribution in [0.25, 0.3) is 0 Å². The topological polar surface area (TPSA) is 0 Å². The van der Waals surface area contributed by atoms with Gasteiger partial charge in [-0.2, -0.15) is 0 Å². The van der Waals surface area contributed by atoms with Gasteiger partial charge in [0.15, 0.2) is 4.29 Å². The maximum Gasteiger partial charge on any atom is 0.271 e. The predicted molar refractivity (Wildman–Crippen MR) is 29.2 cm³/mol. The zero-order chi connectivity index (χ0) is 6.08. The lowest BCUT2D eigenvalue weighted by Crippen LogP contribution is -2.18. The minimum absolute atomic E-state index is 0.749. The monoisotopic (exact) mass is 192 g/mol. The molecule has 4 heteroatoms. The van der Waals surface area contributed by atoms with E-state index in [4.69, 9.17) is 11.6 Å². The zero-order valence-electron chi connectivity index (χ0n) is 3.59. The molecular formula is C3H4BrClF2. The van der Waals surface area contributed by atoms with Crippen molar-refractivity contribution in [3.63, 3.8) is 0 Å². The van der Waals surface area contributed by atoms with E-state index in [2.05, 4.69) is 15.9 Å². The molecule has 1 unspecified atom stereocenters. The Bertz CT molecular complexity index is 58.4. The first kappa shape index (κ1) is 7.63. The maximum atomic E-state index is 11.7. The van der Waals surface area contributed by atoms with E-state index in [1.165, 1.54) is 0 Å². The van der Waals surface area contributed by atoms with Gasteiger partial charge in [0.05, 0.1) is 0 Å². The van der Waals surface area contributed by atoms with E-state index in [0.29, 0.717) is 0 Å². The minimum atomic E-state index is -2.82. The summed E-state index contributed by atoms with van der Waals surface area (Å²) in [4.78, 5) is 0. The lowest BCUT2D eigenvalue weighted by Gasteiger charge is -2.08. The highest BCUT2D eigenvalue weighted by atomic mass is 79.9. The summed E-state index contributed by atoms with van der Waals surface area (Å²) in [5.74, 6) is -2.82.